The van der Waals surface area contributed by atoms with Crippen LogP contribution < -0.4 is 5.32 Å². The molecule has 1 heterocycles. The van der Waals surface area contributed by atoms with Crippen molar-refractivity contribution < 1.29 is 5.11 Å². The van der Waals surface area contributed by atoms with Crippen LogP contribution in [0.4, 0.5) is 5.82 Å². The van der Waals surface area contributed by atoms with E-state index in [1.54, 1.807) is 6.92 Å². The summed E-state index contributed by atoms with van der Waals surface area (Å²) in [5.41, 5.74) is 1.12. The van der Waals surface area contributed by atoms with Gasteiger partial charge in [0.15, 0.2) is 0 Å². The molecule has 0 amide bonds. The van der Waals surface area contributed by atoms with Crippen LogP contribution in [0.5, 0.6) is 0 Å². The van der Waals surface area contributed by atoms with Crippen molar-refractivity contribution in [2.24, 2.45) is 0 Å². The molecule has 3 nitrogen and oxygen atoms in total. The zero-order valence-corrected chi connectivity index (χ0v) is 10.9. The quantitative estimate of drug-likeness (QED) is 0.886. The summed E-state index contributed by atoms with van der Waals surface area (Å²) < 4.78 is 0.958. The van der Waals surface area contributed by atoms with Crippen LogP contribution in [0.2, 0.25) is 0 Å². The largest absolute Gasteiger partial charge is 0.393 e. The van der Waals surface area contributed by atoms with E-state index in [0.29, 0.717) is 6.42 Å². The topological polar surface area (TPSA) is 45.2 Å². The Kier molecular flexibility index (Phi) is 4.54. The Balaban J connectivity index is 2.64. The molecule has 2 unspecified atom stereocenters. The predicted molar refractivity (Wildman–Crippen MR) is 66.1 cm³/mol. The number of nitrogens with zero attached hydrogens (tertiary/aromatic N) is 1. The van der Waals surface area contributed by atoms with Gasteiger partial charge >= 0.3 is 0 Å². The number of pyridine rings is 1. The summed E-state index contributed by atoms with van der Waals surface area (Å²) >= 11 is 3.45. The highest BCUT2D eigenvalue weighted by Crippen LogP contribution is 2.21. The monoisotopic (exact) mass is 272 g/mol. The molecule has 0 aromatic carbocycles. The summed E-state index contributed by atoms with van der Waals surface area (Å²) in [6.07, 6.45) is 2.24. The molecule has 84 valence electrons. The van der Waals surface area contributed by atoms with Crippen molar-refractivity contribution in [2.75, 3.05) is 5.32 Å². The molecule has 1 rings (SSSR count). The molecule has 0 aliphatic rings. The number of aliphatic hydroxyl groups excluding tert-OH is 1. The average Bonchev–Trinajstić information content (AvgIpc) is 2.08. The molecule has 0 fully saturated rings. The number of rotatable bonds is 4. The summed E-state index contributed by atoms with van der Waals surface area (Å²) in [6, 6.07) is 2.22. The number of aliphatic hydroxyl groups is 1. The Bertz CT molecular complexity index is 328. The number of anilines is 1. The molecule has 1 aromatic rings. The van der Waals surface area contributed by atoms with E-state index < -0.39 is 0 Å². The van der Waals surface area contributed by atoms with Gasteiger partial charge in [-0.05, 0) is 54.8 Å². The molecule has 0 bridgehead atoms. The Morgan fingerprint density at radius 1 is 1.53 bits per heavy atom. The van der Waals surface area contributed by atoms with Crippen molar-refractivity contribution in [1.82, 2.24) is 4.98 Å². The zero-order chi connectivity index (χ0) is 11.4. The Morgan fingerprint density at radius 2 is 2.20 bits per heavy atom. The Morgan fingerprint density at radius 3 is 2.73 bits per heavy atom. The lowest BCUT2D eigenvalue weighted by Crippen LogP contribution is -2.21. The molecule has 0 aliphatic heterocycles. The second-order valence-corrected chi connectivity index (χ2v) is 4.83. The van der Waals surface area contributed by atoms with E-state index in [0.717, 1.165) is 15.9 Å². The van der Waals surface area contributed by atoms with Crippen molar-refractivity contribution in [3.05, 3.63) is 22.3 Å². The minimum atomic E-state index is -0.295. The van der Waals surface area contributed by atoms with Crippen LogP contribution in [0.1, 0.15) is 25.8 Å². The maximum atomic E-state index is 9.24. The second-order valence-electron chi connectivity index (χ2n) is 3.97. The number of hydrogen-bond donors (Lipinski definition) is 2. The average molecular weight is 273 g/mol. The Hall–Kier alpha value is -0.610. The van der Waals surface area contributed by atoms with Crippen LogP contribution in [-0.4, -0.2) is 22.2 Å². The lowest BCUT2D eigenvalue weighted by atomic mass is 10.1. The summed E-state index contributed by atoms with van der Waals surface area (Å²) in [6.45, 7) is 5.82. The number of nitrogens with one attached hydrogen (secondary N) is 1. The normalized spacial score (nSPS) is 14.7. The summed E-state index contributed by atoms with van der Waals surface area (Å²) in [4.78, 5) is 4.29. The third-order valence-electron chi connectivity index (χ3n) is 2.06. The molecule has 0 spiro atoms. The Labute approximate surface area is 99.1 Å². The van der Waals surface area contributed by atoms with Gasteiger partial charge < -0.3 is 10.4 Å². The molecule has 0 aliphatic carbocycles. The van der Waals surface area contributed by atoms with E-state index in [4.69, 9.17) is 0 Å². The summed E-state index contributed by atoms with van der Waals surface area (Å²) in [7, 11) is 0. The van der Waals surface area contributed by atoms with E-state index in [-0.39, 0.29) is 12.1 Å². The van der Waals surface area contributed by atoms with Gasteiger partial charge in [0.1, 0.15) is 5.82 Å². The molecule has 1 aromatic heterocycles. The van der Waals surface area contributed by atoms with Gasteiger partial charge in [-0.2, -0.15) is 0 Å². The molecule has 0 saturated carbocycles. The zero-order valence-electron chi connectivity index (χ0n) is 9.29. The first-order chi connectivity index (χ1) is 6.99. The molecular formula is C11H17BrN2O. The van der Waals surface area contributed by atoms with Gasteiger partial charge in [0.2, 0.25) is 0 Å². The van der Waals surface area contributed by atoms with Gasteiger partial charge in [0.25, 0.3) is 0 Å². The molecule has 0 saturated heterocycles. The highest BCUT2D eigenvalue weighted by Gasteiger charge is 2.08. The second kappa shape index (κ2) is 5.47. The van der Waals surface area contributed by atoms with Crippen molar-refractivity contribution in [3.8, 4) is 0 Å². The predicted octanol–water partition coefficient (Wildman–Crippen LogP) is 2.72. The van der Waals surface area contributed by atoms with E-state index >= 15 is 0 Å². The first-order valence-electron chi connectivity index (χ1n) is 5.05. The lowest BCUT2D eigenvalue weighted by molar-refractivity contribution is 0.179. The van der Waals surface area contributed by atoms with Gasteiger partial charge in [0.05, 0.1) is 10.6 Å². The fraction of sp³-hybridized carbons (Fsp3) is 0.545. The molecular weight excluding hydrogens is 256 g/mol. The molecule has 4 heteroatoms. The van der Waals surface area contributed by atoms with Gasteiger partial charge in [-0.25, -0.2) is 4.98 Å². The van der Waals surface area contributed by atoms with Crippen LogP contribution in [-0.2, 0) is 0 Å². The van der Waals surface area contributed by atoms with Crippen LogP contribution in [0.25, 0.3) is 0 Å². The number of aryl methyl sites for hydroxylation is 1. The van der Waals surface area contributed by atoms with Crippen LogP contribution in [0.3, 0.4) is 0 Å². The van der Waals surface area contributed by atoms with E-state index in [2.05, 4.69) is 26.2 Å². The fourth-order valence-electron chi connectivity index (χ4n) is 1.44. The number of aromatic nitrogens is 1. The van der Waals surface area contributed by atoms with E-state index in [1.807, 2.05) is 26.1 Å². The molecule has 2 N–H and O–H groups in total. The number of hydrogen-bond acceptors (Lipinski definition) is 3. The van der Waals surface area contributed by atoms with Crippen molar-refractivity contribution in [2.45, 2.75) is 39.3 Å². The van der Waals surface area contributed by atoms with Crippen molar-refractivity contribution >= 4 is 21.7 Å². The number of halogens is 1. The van der Waals surface area contributed by atoms with Crippen LogP contribution >= 0.6 is 15.9 Å². The van der Waals surface area contributed by atoms with Crippen LogP contribution in [0.15, 0.2) is 16.7 Å². The van der Waals surface area contributed by atoms with Crippen molar-refractivity contribution in [1.29, 1.82) is 0 Å². The van der Waals surface area contributed by atoms with E-state index in [1.165, 1.54) is 0 Å². The SMILES string of the molecule is Cc1cnc(NC(C)CC(C)O)c(Br)c1. The summed E-state index contributed by atoms with van der Waals surface area (Å²) in [5, 5.41) is 12.5. The highest BCUT2D eigenvalue weighted by molar-refractivity contribution is 9.10. The first kappa shape index (κ1) is 12.5. The van der Waals surface area contributed by atoms with Gasteiger partial charge in [0, 0.05) is 12.2 Å². The van der Waals surface area contributed by atoms with E-state index in [9.17, 15) is 5.11 Å². The van der Waals surface area contributed by atoms with Crippen LogP contribution in [0, 0.1) is 6.92 Å². The highest BCUT2D eigenvalue weighted by atomic mass is 79.9. The summed E-state index contributed by atoms with van der Waals surface area (Å²) in [5.74, 6) is 0.828. The standard InChI is InChI=1S/C11H17BrN2O/c1-7-4-10(12)11(13-6-7)14-8(2)5-9(3)15/h4,6,8-9,15H,5H2,1-3H3,(H,13,14). The maximum absolute atomic E-state index is 9.24. The van der Waals surface area contributed by atoms with Crippen molar-refractivity contribution in [3.63, 3.8) is 0 Å². The third kappa shape index (κ3) is 4.18. The first-order valence-corrected chi connectivity index (χ1v) is 5.85. The third-order valence-corrected chi connectivity index (χ3v) is 2.66. The molecule has 2 atom stereocenters. The fourth-order valence-corrected chi connectivity index (χ4v) is 2.02. The lowest BCUT2D eigenvalue weighted by Gasteiger charge is -2.16. The van der Waals surface area contributed by atoms with Gasteiger partial charge in [-0.1, -0.05) is 0 Å². The smallest absolute Gasteiger partial charge is 0.140 e. The molecule has 15 heavy (non-hydrogen) atoms. The maximum Gasteiger partial charge on any atom is 0.140 e. The van der Waals surface area contributed by atoms with Gasteiger partial charge in [-0.15, -0.1) is 0 Å². The minimum Gasteiger partial charge on any atom is -0.393 e. The van der Waals surface area contributed by atoms with Gasteiger partial charge in [-0.3, -0.25) is 0 Å². The molecule has 0 radical (unpaired) electrons. The minimum absolute atomic E-state index is 0.205.